The number of anilines is 2. The smallest absolute Gasteiger partial charge is 0.150 e. The molecule has 8 heteroatoms. The number of aryl methyl sites for hydroxylation is 1. The fraction of sp³-hybridized carbons (Fsp3) is 0.500. The van der Waals surface area contributed by atoms with Crippen molar-refractivity contribution in [1.29, 1.82) is 5.41 Å². The number of pyridine rings is 1. The minimum absolute atomic E-state index is 0.127. The minimum Gasteiger partial charge on any atom is -0.381 e. The summed E-state index contributed by atoms with van der Waals surface area (Å²) in [4.78, 5) is 6.70. The van der Waals surface area contributed by atoms with Crippen LogP contribution in [0.25, 0.3) is 5.52 Å². The fourth-order valence-corrected chi connectivity index (χ4v) is 6.64. The monoisotopic (exact) mass is 508 g/mol. The highest BCUT2D eigenvalue weighted by Gasteiger charge is 2.73. The first-order valence-electron chi connectivity index (χ1n) is 14.0. The molecule has 7 rings (SSSR count). The molecule has 194 valence electrons. The first-order valence-corrected chi connectivity index (χ1v) is 14.0. The number of halogens is 1. The van der Waals surface area contributed by atoms with Crippen LogP contribution in [0.4, 0.5) is 15.8 Å². The van der Waals surface area contributed by atoms with Gasteiger partial charge in [-0.25, -0.2) is 13.9 Å². The van der Waals surface area contributed by atoms with Gasteiger partial charge in [-0.1, -0.05) is 18.6 Å². The Labute approximate surface area is 224 Å². The van der Waals surface area contributed by atoms with Crippen molar-refractivity contribution in [3.05, 3.63) is 59.4 Å². The molecule has 2 aromatic heterocycles. The molecule has 1 aliphatic heterocycles. The van der Waals surface area contributed by atoms with Crippen LogP contribution in [0.5, 0.6) is 0 Å². The predicted octanol–water partition coefficient (Wildman–Crippen LogP) is 5.67. The molecule has 1 aromatic carbocycles. The molecule has 3 aliphatic carbocycles. The number of amidine groups is 1. The molecular formula is C30H34BFN6. The lowest BCUT2D eigenvalue weighted by molar-refractivity contribution is 0.0886. The average Bonchev–Trinajstić information content (AvgIpc) is 3.70. The zero-order valence-corrected chi connectivity index (χ0v) is 22.0. The van der Waals surface area contributed by atoms with E-state index in [-0.39, 0.29) is 11.3 Å². The van der Waals surface area contributed by atoms with E-state index in [0.717, 1.165) is 85.2 Å². The Hall–Kier alpha value is -3.16. The second-order valence-electron chi connectivity index (χ2n) is 12.0. The van der Waals surface area contributed by atoms with E-state index >= 15 is 4.39 Å². The first kappa shape index (κ1) is 23.9. The molecule has 2 unspecified atom stereocenters. The SMILES string of the molecule is [B]C(=NC(=N)c1ccc(C)c(NCc2cnn3ccc(N4CCC5(C4)CC5(F)C4CCC4)cc23)c1)C1CC1. The lowest BCUT2D eigenvalue weighted by Crippen LogP contribution is -2.32. The van der Waals surface area contributed by atoms with Crippen molar-refractivity contribution in [2.75, 3.05) is 23.3 Å². The molecule has 2 N–H and O–H groups in total. The van der Waals surface area contributed by atoms with Crippen LogP contribution >= 0.6 is 0 Å². The van der Waals surface area contributed by atoms with Gasteiger partial charge in [-0.05, 0) is 86.7 Å². The van der Waals surface area contributed by atoms with Gasteiger partial charge in [0.2, 0.25) is 0 Å². The summed E-state index contributed by atoms with van der Waals surface area (Å²) in [5.74, 6) is 0.841. The molecule has 4 fully saturated rings. The lowest BCUT2D eigenvalue weighted by Gasteiger charge is -2.32. The third kappa shape index (κ3) is 3.95. The molecule has 3 saturated carbocycles. The molecule has 2 atom stereocenters. The van der Waals surface area contributed by atoms with Crippen LogP contribution in [-0.2, 0) is 6.54 Å². The second-order valence-corrected chi connectivity index (χ2v) is 12.0. The molecule has 1 spiro atoms. The van der Waals surface area contributed by atoms with Gasteiger partial charge < -0.3 is 10.2 Å². The molecule has 0 bridgehead atoms. The van der Waals surface area contributed by atoms with E-state index in [1.807, 2.05) is 35.1 Å². The zero-order chi connectivity index (χ0) is 26.1. The number of hydrogen-bond donors (Lipinski definition) is 2. The third-order valence-electron chi connectivity index (χ3n) is 9.63. The number of rotatable bonds is 7. The van der Waals surface area contributed by atoms with E-state index in [4.69, 9.17) is 13.3 Å². The van der Waals surface area contributed by atoms with E-state index in [1.165, 1.54) is 6.42 Å². The quantitative estimate of drug-likeness (QED) is 0.246. The van der Waals surface area contributed by atoms with E-state index in [1.54, 1.807) is 0 Å². The molecule has 1 saturated heterocycles. The second kappa shape index (κ2) is 8.68. The van der Waals surface area contributed by atoms with Crippen molar-refractivity contribution < 1.29 is 4.39 Å². The van der Waals surface area contributed by atoms with Gasteiger partial charge in [-0.15, -0.1) is 0 Å². The minimum atomic E-state index is -0.923. The molecule has 3 heterocycles. The van der Waals surface area contributed by atoms with E-state index in [9.17, 15) is 0 Å². The fourth-order valence-electron chi connectivity index (χ4n) is 6.64. The summed E-state index contributed by atoms with van der Waals surface area (Å²) in [6.45, 7) is 4.41. The Bertz CT molecular complexity index is 1460. The summed E-state index contributed by atoms with van der Waals surface area (Å²) in [6.07, 6.45) is 11.1. The molecule has 6 nitrogen and oxygen atoms in total. The number of alkyl halides is 1. The van der Waals surface area contributed by atoms with Gasteiger partial charge in [0.05, 0.1) is 11.7 Å². The van der Waals surface area contributed by atoms with Crippen LogP contribution in [0.1, 0.15) is 61.6 Å². The number of aromatic nitrogens is 2. The van der Waals surface area contributed by atoms with Crippen molar-refractivity contribution in [1.82, 2.24) is 9.61 Å². The van der Waals surface area contributed by atoms with Gasteiger partial charge in [-0.2, -0.15) is 5.10 Å². The molecule has 2 radical (unpaired) electrons. The Morgan fingerprint density at radius 1 is 1.24 bits per heavy atom. The number of aliphatic imine (C=N–C) groups is 1. The number of fused-ring (bicyclic) bond motifs is 1. The van der Waals surface area contributed by atoms with Crippen LogP contribution in [0, 0.1) is 29.6 Å². The zero-order valence-electron chi connectivity index (χ0n) is 22.0. The normalized spacial score (nSPS) is 27.2. The number of benzene rings is 1. The summed E-state index contributed by atoms with van der Waals surface area (Å²) < 4.78 is 17.6. The Morgan fingerprint density at radius 3 is 2.84 bits per heavy atom. The van der Waals surface area contributed by atoms with Crippen LogP contribution in [0.2, 0.25) is 0 Å². The molecule has 0 amide bonds. The van der Waals surface area contributed by atoms with Gasteiger partial charge in [0, 0.05) is 53.7 Å². The highest BCUT2D eigenvalue weighted by molar-refractivity contribution is 6.61. The highest BCUT2D eigenvalue weighted by Crippen LogP contribution is 2.70. The van der Waals surface area contributed by atoms with Crippen LogP contribution in [-0.4, -0.2) is 47.7 Å². The molecule has 4 aliphatic rings. The van der Waals surface area contributed by atoms with Crippen LogP contribution in [0.3, 0.4) is 0 Å². The summed E-state index contributed by atoms with van der Waals surface area (Å²) in [6, 6.07) is 10.2. The molecular weight excluding hydrogens is 474 g/mol. The van der Waals surface area contributed by atoms with Gasteiger partial charge in [0.15, 0.2) is 5.84 Å². The summed E-state index contributed by atoms with van der Waals surface area (Å²) in [5, 5.41) is 16.5. The maximum Gasteiger partial charge on any atom is 0.150 e. The highest BCUT2D eigenvalue weighted by atomic mass is 19.1. The van der Waals surface area contributed by atoms with Gasteiger partial charge >= 0.3 is 0 Å². The maximum atomic E-state index is 15.7. The number of nitrogens with zero attached hydrogens (tertiary/aromatic N) is 4. The Balaban J connectivity index is 1.07. The van der Waals surface area contributed by atoms with Crippen molar-refractivity contribution in [2.24, 2.45) is 22.2 Å². The first-order chi connectivity index (χ1) is 18.3. The predicted molar refractivity (Wildman–Crippen MR) is 151 cm³/mol. The Morgan fingerprint density at radius 2 is 2.08 bits per heavy atom. The molecule has 3 aromatic rings. The third-order valence-corrected chi connectivity index (χ3v) is 9.63. The van der Waals surface area contributed by atoms with Gasteiger partial charge in [0.1, 0.15) is 13.5 Å². The Kier molecular flexibility index (Phi) is 5.47. The number of nitrogens with one attached hydrogen (secondary N) is 2. The van der Waals surface area contributed by atoms with Crippen LogP contribution in [0.15, 0.2) is 47.7 Å². The standard InChI is InChI=1S/C30H34BFN6/c1-19-5-6-21(28(33)36-27(31)20-7-8-20)13-25(19)34-15-22-16-35-38-11-9-24(14-26(22)38)37-12-10-29(18-37)17-30(29,32)23-3-2-4-23/h5-6,9,11,13-14,16,20,23,33-34H,2-4,7-8,10,12,15,17-18H2,1H3. The molecule has 38 heavy (non-hydrogen) atoms. The van der Waals surface area contributed by atoms with E-state index in [2.05, 4.69) is 39.4 Å². The average molecular weight is 508 g/mol. The van der Waals surface area contributed by atoms with Gasteiger partial charge in [-0.3, -0.25) is 5.41 Å². The van der Waals surface area contributed by atoms with E-state index in [0.29, 0.717) is 24.0 Å². The van der Waals surface area contributed by atoms with Crippen molar-refractivity contribution >= 4 is 36.2 Å². The van der Waals surface area contributed by atoms with Crippen molar-refractivity contribution in [3.8, 4) is 0 Å². The largest absolute Gasteiger partial charge is 0.381 e. The van der Waals surface area contributed by atoms with Gasteiger partial charge in [0.25, 0.3) is 0 Å². The summed E-state index contributed by atoms with van der Waals surface area (Å²) in [7, 11) is 6.03. The maximum absolute atomic E-state index is 15.7. The van der Waals surface area contributed by atoms with Crippen LogP contribution < -0.4 is 10.2 Å². The lowest BCUT2D eigenvalue weighted by atomic mass is 9.77. The summed E-state index contributed by atoms with van der Waals surface area (Å²) in [5.41, 5.74) is 5.64. The number of hydrogen-bond acceptors (Lipinski definition) is 4. The van der Waals surface area contributed by atoms with E-state index < -0.39 is 5.67 Å². The summed E-state index contributed by atoms with van der Waals surface area (Å²) >= 11 is 0. The van der Waals surface area contributed by atoms with Crippen molar-refractivity contribution in [2.45, 2.75) is 64.1 Å². The topological polar surface area (TPSA) is 68.8 Å². The van der Waals surface area contributed by atoms with Crippen molar-refractivity contribution in [3.63, 3.8) is 0 Å².